The quantitative estimate of drug-likeness (QED) is 0.585. The van der Waals surface area contributed by atoms with Gasteiger partial charge in [0.25, 0.3) is 5.91 Å². The van der Waals surface area contributed by atoms with Crippen molar-refractivity contribution in [2.75, 3.05) is 25.5 Å². The van der Waals surface area contributed by atoms with E-state index >= 15 is 0 Å². The highest BCUT2D eigenvalue weighted by Crippen LogP contribution is 2.35. The highest BCUT2D eigenvalue weighted by atomic mass is 19.4. The molecule has 160 valence electrons. The Hall–Kier alpha value is -3.56. The van der Waals surface area contributed by atoms with Gasteiger partial charge in [0.1, 0.15) is 5.82 Å². The number of benzene rings is 1. The molecule has 4 rings (SSSR count). The van der Waals surface area contributed by atoms with E-state index in [4.69, 9.17) is 0 Å². The monoisotopic (exact) mass is 431 g/mol. The van der Waals surface area contributed by atoms with Crippen LogP contribution in [0.1, 0.15) is 21.5 Å². The molecule has 2 aromatic heterocycles. The molecular weight excluding hydrogens is 414 g/mol. The molecule has 3 aromatic rings. The van der Waals surface area contributed by atoms with Gasteiger partial charge in [-0.2, -0.15) is 18.3 Å². The van der Waals surface area contributed by atoms with Crippen LogP contribution < -0.4 is 4.90 Å². The minimum absolute atomic E-state index is 0.0290. The fourth-order valence-corrected chi connectivity index (χ4v) is 3.49. The van der Waals surface area contributed by atoms with Gasteiger partial charge in [-0.1, -0.05) is 0 Å². The summed E-state index contributed by atoms with van der Waals surface area (Å²) in [5, 5.41) is 7.91. The van der Waals surface area contributed by atoms with E-state index in [9.17, 15) is 22.4 Å². The lowest BCUT2D eigenvalue weighted by molar-refractivity contribution is -0.137. The first kappa shape index (κ1) is 20.7. The molecule has 0 fully saturated rings. The SMILES string of the molecule is CN1CCc2c(ccnc2-c2cnnc(N(C)c3cc(F)cc(C(F)(F)F)c3)c2)C1=O. The van der Waals surface area contributed by atoms with Crippen molar-refractivity contribution < 1.29 is 22.4 Å². The summed E-state index contributed by atoms with van der Waals surface area (Å²) in [6, 6.07) is 5.52. The van der Waals surface area contributed by atoms with Gasteiger partial charge in [-0.05, 0) is 42.3 Å². The number of nitrogens with zero attached hydrogens (tertiary/aromatic N) is 5. The number of hydrogen-bond acceptors (Lipinski definition) is 5. The molecule has 0 spiro atoms. The van der Waals surface area contributed by atoms with Crippen molar-refractivity contribution >= 4 is 17.4 Å². The van der Waals surface area contributed by atoms with E-state index in [1.807, 2.05) is 0 Å². The highest BCUT2D eigenvalue weighted by molar-refractivity contribution is 5.98. The van der Waals surface area contributed by atoms with Crippen molar-refractivity contribution in [1.29, 1.82) is 0 Å². The zero-order valence-electron chi connectivity index (χ0n) is 16.6. The molecule has 0 unspecified atom stereocenters. The van der Waals surface area contributed by atoms with Crippen LogP contribution in [0.25, 0.3) is 11.3 Å². The molecule has 0 saturated heterocycles. The van der Waals surface area contributed by atoms with Crippen LogP contribution in [0.15, 0.2) is 42.7 Å². The molecule has 31 heavy (non-hydrogen) atoms. The maximum Gasteiger partial charge on any atom is 0.416 e. The number of alkyl halides is 3. The Morgan fingerprint density at radius 3 is 2.68 bits per heavy atom. The van der Waals surface area contributed by atoms with Crippen molar-refractivity contribution in [3.8, 4) is 11.3 Å². The maximum atomic E-state index is 13.8. The predicted octanol–water partition coefficient (Wildman–Crippen LogP) is 4.09. The number of fused-ring (bicyclic) bond motifs is 1. The third-order valence-electron chi connectivity index (χ3n) is 5.19. The van der Waals surface area contributed by atoms with Gasteiger partial charge in [0.2, 0.25) is 0 Å². The Labute approximate surface area is 175 Å². The van der Waals surface area contributed by atoms with Gasteiger partial charge < -0.3 is 9.80 Å². The fourth-order valence-electron chi connectivity index (χ4n) is 3.49. The Kier molecular flexibility index (Phi) is 5.08. The molecule has 6 nitrogen and oxygen atoms in total. The first-order valence-electron chi connectivity index (χ1n) is 9.33. The Balaban J connectivity index is 1.74. The molecule has 3 heterocycles. The average molecular weight is 431 g/mol. The Morgan fingerprint density at radius 2 is 1.94 bits per heavy atom. The Morgan fingerprint density at radius 1 is 1.16 bits per heavy atom. The lowest BCUT2D eigenvalue weighted by Gasteiger charge is -2.26. The maximum absolute atomic E-state index is 13.8. The number of rotatable bonds is 3. The summed E-state index contributed by atoms with van der Waals surface area (Å²) >= 11 is 0. The fraction of sp³-hybridized carbons (Fsp3) is 0.238. The molecule has 0 radical (unpaired) electrons. The number of amides is 1. The summed E-state index contributed by atoms with van der Waals surface area (Å²) in [5.41, 5.74) is 1.30. The first-order valence-corrected chi connectivity index (χ1v) is 9.33. The molecule has 0 N–H and O–H groups in total. The second kappa shape index (κ2) is 7.60. The molecule has 1 aliphatic rings. The lowest BCUT2D eigenvalue weighted by atomic mass is 9.95. The van der Waals surface area contributed by atoms with Crippen LogP contribution in [0.2, 0.25) is 0 Å². The van der Waals surface area contributed by atoms with Crippen molar-refractivity contribution in [2.24, 2.45) is 0 Å². The number of carbonyl (C=O) groups is 1. The average Bonchev–Trinajstić information content (AvgIpc) is 2.74. The number of carbonyl (C=O) groups excluding carboxylic acids is 1. The van der Waals surface area contributed by atoms with E-state index < -0.39 is 17.6 Å². The third-order valence-corrected chi connectivity index (χ3v) is 5.19. The van der Waals surface area contributed by atoms with Crippen LogP contribution in [0.5, 0.6) is 0 Å². The summed E-state index contributed by atoms with van der Waals surface area (Å²) < 4.78 is 53.0. The largest absolute Gasteiger partial charge is 0.416 e. The summed E-state index contributed by atoms with van der Waals surface area (Å²) in [6.07, 6.45) is -1.09. The third kappa shape index (κ3) is 3.92. The number of hydrogen-bond donors (Lipinski definition) is 0. The van der Waals surface area contributed by atoms with Gasteiger partial charge in [0, 0.05) is 43.7 Å². The van der Waals surface area contributed by atoms with Crippen LogP contribution in [-0.2, 0) is 12.6 Å². The van der Waals surface area contributed by atoms with E-state index in [0.717, 1.165) is 17.7 Å². The second-order valence-corrected chi connectivity index (χ2v) is 7.22. The molecule has 1 amide bonds. The summed E-state index contributed by atoms with van der Waals surface area (Å²) in [4.78, 5) is 19.8. The molecule has 1 aromatic carbocycles. The minimum Gasteiger partial charge on any atom is -0.341 e. The van der Waals surface area contributed by atoms with Gasteiger partial charge in [0.05, 0.1) is 17.5 Å². The molecule has 0 aliphatic carbocycles. The van der Waals surface area contributed by atoms with Crippen molar-refractivity contribution in [1.82, 2.24) is 20.1 Å². The van der Waals surface area contributed by atoms with Crippen LogP contribution in [0, 0.1) is 5.82 Å². The minimum atomic E-state index is -4.68. The number of pyridine rings is 1. The second-order valence-electron chi connectivity index (χ2n) is 7.22. The zero-order chi connectivity index (χ0) is 22.3. The molecule has 0 bridgehead atoms. The van der Waals surface area contributed by atoms with Crippen LogP contribution >= 0.6 is 0 Å². The van der Waals surface area contributed by atoms with Gasteiger partial charge >= 0.3 is 6.18 Å². The first-order chi connectivity index (χ1) is 14.6. The molecule has 1 aliphatic heterocycles. The van der Waals surface area contributed by atoms with Gasteiger partial charge in [-0.15, -0.1) is 5.10 Å². The van der Waals surface area contributed by atoms with Crippen LogP contribution in [-0.4, -0.2) is 46.6 Å². The predicted molar refractivity (Wildman–Crippen MR) is 105 cm³/mol. The molecular formula is C21H17F4N5O. The molecule has 0 atom stereocenters. The summed E-state index contributed by atoms with van der Waals surface area (Å²) in [7, 11) is 3.19. The van der Waals surface area contributed by atoms with E-state index in [0.29, 0.717) is 35.9 Å². The van der Waals surface area contributed by atoms with Crippen molar-refractivity contribution in [3.05, 3.63) is 65.2 Å². The van der Waals surface area contributed by atoms with Crippen molar-refractivity contribution in [2.45, 2.75) is 12.6 Å². The van der Waals surface area contributed by atoms with E-state index in [-0.39, 0.29) is 17.4 Å². The zero-order valence-corrected chi connectivity index (χ0v) is 16.6. The smallest absolute Gasteiger partial charge is 0.341 e. The number of likely N-dealkylation sites (N-methyl/N-ethyl adjacent to an activating group) is 1. The summed E-state index contributed by atoms with van der Waals surface area (Å²) in [5.74, 6) is -0.916. The van der Waals surface area contributed by atoms with E-state index in [1.54, 1.807) is 24.1 Å². The number of anilines is 2. The standard InChI is InChI=1S/C21H17F4N5O/c1-29-6-4-16-17(20(29)31)3-5-26-19(16)12-7-18(28-27-11-12)30(2)15-9-13(21(23,24)25)8-14(22)10-15/h3,5,7-11H,4,6H2,1-2H3. The Bertz CT molecular complexity index is 1160. The molecule has 0 saturated carbocycles. The normalized spacial score (nSPS) is 13.9. The van der Waals surface area contributed by atoms with Crippen LogP contribution in [0.4, 0.5) is 29.1 Å². The van der Waals surface area contributed by atoms with Gasteiger partial charge in [-0.3, -0.25) is 9.78 Å². The molecule has 10 heteroatoms. The number of aromatic nitrogens is 3. The van der Waals surface area contributed by atoms with E-state index in [1.165, 1.54) is 24.3 Å². The van der Waals surface area contributed by atoms with Crippen molar-refractivity contribution in [3.63, 3.8) is 0 Å². The van der Waals surface area contributed by atoms with Gasteiger partial charge in [-0.25, -0.2) is 4.39 Å². The van der Waals surface area contributed by atoms with Crippen LogP contribution in [0.3, 0.4) is 0 Å². The van der Waals surface area contributed by atoms with Gasteiger partial charge in [0.15, 0.2) is 5.82 Å². The highest BCUT2D eigenvalue weighted by Gasteiger charge is 2.32. The number of halogens is 4. The topological polar surface area (TPSA) is 62.2 Å². The summed E-state index contributed by atoms with van der Waals surface area (Å²) in [6.45, 7) is 0.541. The lowest BCUT2D eigenvalue weighted by Crippen LogP contribution is -2.34. The van der Waals surface area contributed by atoms with E-state index in [2.05, 4.69) is 15.2 Å².